The predicted molar refractivity (Wildman–Crippen MR) is 71.7 cm³/mol. The van der Waals surface area contributed by atoms with Crippen LogP contribution in [0.15, 0.2) is 24.5 Å². The number of H-pyrrole nitrogens is 1. The monoisotopic (exact) mass is 260 g/mol. The number of benzene rings is 1. The number of nitrogens with one attached hydrogen (secondary N) is 2. The minimum absolute atomic E-state index is 0.0493. The van der Waals surface area contributed by atoms with E-state index in [1.54, 1.807) is 31.6 Å². The molecular weight excluding hydrogens is 244 g/mol. The van der Waals surface area contributed by atoms with Gasteiger partial charge in [0.25, 0.3) is 5.91 Å². The highest BCUT2D eigenvalue weighted by molar-refractivity contribution is 5.98. The van der Waals surface area contributed by atoms with Crippen molar-refractivity contribution in [3.8, 4) is 0 Å². The van der Waals surface area contributed by atoms with Crippen LogP contribution in [-0.2, 0) is 4.79 Å². The van der Waals surface area contributed by atoms with Crippen LogP contribution >= 0.6 is 0 Å². The summed E-state index contributed by atoms with van der Waals surface area (Å²) >= 11 is 0. The molecule has 6 nitrogen and oxygen atoms in total. The van der Waals surface area contributed by atoms with Crippen molar-refractivity contribution < 1.29 is 9.59 Å². The summed E-state index contributed by atoms with van der Waals surface area (Å²) < 4.78 is 0. The fraction of sp³-hybridized carbons (Fsp3) is 0.308. The van der Waals surface area contributed by atoms with Gasteiger partial charge in [0, 0.05) is 19.2 Å². The molecule has 1 aromatic heterocycles. The van der Waals surface area contributed by atoms with E-state index in [0.717, 1.165) is 11.0 Å². The minimum atomic E-state index is -0.192. The molecule has 0 aliphatic carbocycles. The zero-order valence-corrected chi connectivity index (χ0v) is 10.9. The third-order valence-electron chi connectivity index (χ3n) is 2.77. The third kappa shape index (κ3) is 2.90. The topological polar surface area (TPSA) is 78.1 Å². The van der Waals surface area contributed by atoms with Crippen molar-refractivity contribution >= 4 is 22.8 Å². The number of aromatic nitrogens is 2. The van der Waals surface area contributed by atoms with Crippen LogP contribution in [0, 0.1) is 0 Å². The second kappa shape index (κ2) is 5.51. The Morgan fingerprint density at radius 3 is 2.95 bits per heavy atom. The minimum Gasteiger partial charge on any atom is -0.355 e. The Balaban J connectivity index is 2.11. The summed E-state index contributed by atoms with van der Waals surface area (Å²) in [7, 11) is 1.61. The molecule has 2 amide bonds. The summed E-state index contributed by atoms with van der Waals surface area (Å²) in [5.41, 5.74) is 2.14. The van der Waals surface area contributed by atoms with E-state index in [1.165, 1.54) is 4.90 Å². The number of amides is 2. The summed E-state index contributed by atoms with van der Waals surface area (Å²) in [6, 6.07) is 5.22. The highest BCUT2D eigenvalue weighted by Gasteiger charge is 2.15. The maximum Gasteiger partial charge on any atom is 0.254 e. The Kier molecular flexibility index (Phi) is 3.79. The molecule has 6 heteroatoms. The molecule has 0 aliphatic rings. The van der Waals surface area contributed by atoms with Crippen LogP contribution in [0.3, 0.4) is 0 Å². The standard InChI is InChI=1S/C13H16N4O2/c1-3-14-12(18)7-17(2)13(19)9-4-5-10-11(6-9)16-8-15-10/h4-6,8H,3,7H2,1-2H3,(H,14,18)(H,15,16). The first-order valence-electron chi connectivity index (χ1n) is 6.07. The van der Waals surface area contributed by atoms with Crippen LogP contribution in [0.5, 0.6) is 0 Å². The molecule has 1 aromatic carbocycles. The quantitative estimate of drug-likeness (QED) is 0.852. The number of imidazole rings is 1. The van der Waals surface area contributed by atoms with E-state index in [2.05, 4.69) is 15.3 Å². The maximum absolute atomic E-state index is 12.2. The number of nitrogens with zero attached hydrogens (tertiary/aromatic N) is 2. The first-order valence-corrected chi connectivity index (χ1v) is 6.07. The summed E-state index contributed by atoms with van der Waals surface area (Å²) in [5, 5.41) is 2.66. The second-order valence-electron chi connectivity index (χ2n) is 4.25. The number of hydrogen-bond donors (Lipinski definition) is 2. The van der Waals surface area contributed by atoms with E-state index in [0.29, 0.717) is 12.1 Å². The fourth-order valence-corrected chi connectivity index (χ4v) is 1.83. The number of fused-ring (bicyclic) bond motifs is 1. The van der Waals surface area contributed by atoms with Crippen molar-refractivity contribution in [1.82, 2.24) is 20.2 Å². The molecule has 2 aromatic rings. The average molecular weight is 260 g/mol. The Labute approximate surface area is 110 Å². The van der Waals surface area contributed by atoms with Gasteiger partial charge in [-0.2, -0.15) is 0 Å². The van der Waals surface area contributed by atoms with Crippen LogP contribution in [0.4, 0.5) is 0 Å². The maximum atomic E-state index is 12.2. The van der Waals surface area contributed by atoms with E-state index in [1.807, 2.05) is 6.92 Å². The van der Waals surface area contributed by atoms with Gasteiger partial charge in [-0.25, -0.2) is 4.98 Å². The van der Waals surface area contributed by atoms with E-state index in [9.17, 15) is 9.59 Å². The Hall–Kier alpha value is -2.37. The highest BCUT2D eigenvalue weighted by atomic mass is 16.2. The molecule has 0 spiro atoms. The zero-order valence-electron chi connectivity index (χ0n) is 10.9. The molecule has 2 rings (SSSR count). The first kappa shape index (κ1) is 13.1. The van der Waals surface area contributed by atoms with Crippen LogP contribution < -0.4 is 5.32 Å². The molecule has 0 atom stereocenters. The van der Waals surface area contributed by atoms with Gasteiger partial charge in [-0.15, -0.1) is 0 Å². The van der Waals surface area contributed by atoms with Gasteiger partial charge in [-0.1, -0.05) is 0 Å². The lowest BCUT2D eigenvalue weighted by atomic mass is 10.2. The van der Waals surface area contributed by atoms with Gasteiger partial charge < -0.3 is 15.2 Å². The number of carbonyl (C=O) groups is 2. The SMILES string of the molecule is CCNC(=O)CN(C)C(=O)c1ccc2nc[nH]c2c1. The lowest BCUT2D eigenvalue weighted by molar-refractivity contribution is -0.121. The Morgan fingerprint density at radius 2 is 2.21 bits per heavy atom. The van der Waals surface area contributed by atoms with Gasteiger partial charge in [0.2, 0.25) is 5.91 Å². The van der Waals surface area contributed by atoms with Crippen LogP contribution in [0.2, 0.25) is 0 Å². The number of hydrogen-bond acceptors (Lipinski definition) is 3. The smallest absolute Gasteiger partial charge is 0.254 e. The van der Waals surface area contributed by atoms with Gasteiger partial charge >= 0.3 is 0 Å². The van der Waals surface area contributed by atoms with E-state index in [4.69, 9.17) is 0 Å². The van der Waals surface area contributed by atoms with Crippen molar-refractivity contribution in [3.63, 3.8) is 0 Å². The van der Waals surface area contributed by atoms with Crippen molar-refractivity contribution in [2.75, 3.05) is 20.1 Å². The van der Waals surface area contributed by atoms with Gasteiger partial charge in [0.15, 0.2) is 0 Å². The molecule has 0 saturated carbocycles. The molecule has 19 heavy (non-hydrogen) atoms. The molecule has 0 aliphatic heterocycles. The normalized spacial score (nSPS) is 10.4. The Bertz CT molecular complexity index is 605. The molecule has 100 valence electrons. The van der Waals surface area contributed by atoms with E-state index < -0.39 is 0 Å². The predicted octanol–water partition coefficient (Wildman–Crippen LogP) is 0.771. The van der Waals surface area contributed by atoms with Crippen molar-refractivity contribution in [3.05, 3.63) is 30.1 Å². The Morgan fingerprint density at radius 1 is 1.42 bits per heavy atom. The van der Waals surface area contributed by atoms with E-state index in [-0.39, 0.29) is 18.4 Å². The molecule has 2 N–H and O–H groups in total. The van der Waals surface area contributed by atoms with Crippen LogP contribution in [0.25, 0.3) is 11.0 Å². The lowest BCUT2D eigenvalue weighted by Gasteiger charge is -2.16. The van der Waals surface area contributed by atoms with Crippen molar-refractivity contribution in [2.24, 2.45) is 0 Å². The van der Waals surface area contributed by atoms with Crippen molar-refractivity contribution in [2.45, 2.75) is 6.92 Å². The summed E-state index contributed by atoms with van der Waals surface area (Å²) in [4.78, 5) is 32.0. The number of likely N-dealkylation sites (N-methyl/N-ethyl adjacent to an activating group) is 2. The molecule has 0 unspecified atom stereocenters. The second-order valence-corrected chi connectivity index (χ2v) is 4.25. The largest absolute Gasteiger partial charge is 0.355 e. The van der Waals surface area contributed by atoms with E-state index >= 15 is 0 Å². The fourth-order valence-electron chi connectivity index (χ4n) is 1.83. The summed E-state index contributed by atoms with van der Waals surface area (Å²) in [6.07, 6.45) is 1.58. The van der Waals surface area contributed by atoms with Gasteiger partial charge in [-0.3, -0.25) is 9.59 Å². The first-order chi connectivity index (χ1) is 9.11. The summed E-state index contributed by atoms with van der Waals surface area (Å²) in [6.45, 7) is 2.44. The highest BCUT2D eigenvalue weighted by Crippen LogP contribution is 2.12. The van der Waals surface area contributed by atoms with Gasteiger partial charge in [0.1, 0.15) is 0 Å². The molecule has 0 fully saturated rings. The number of aromatic amines is 1. The van der Waals surface area contributed by atoms with Gasteiger partial charge in [0.05, 0.1) is 23.9 Å². The molecule has 1 heterocycles. The lowest BCUT2D eigenvalue weighted by Crippen LogP contribution is -2.38. The number of carbonyl (C=O) groups excluding carboxylic acids is 2. The zero-order chi connectivity index (χ0) is 13.8. The summed E-state index contributed by atoms with van der Waals surface area (Å²) in [5.74, 6) is -0.358. The molecular formula is C13H16N4O2. The average Bonchev–Trinajstić information content (AvgIpc) is 2.85. The van der Waals surface area contributed by atoms with Crippen molar-refractivity contribution in [1.29, 1.82) is 0 Å². The number of rotatable bonds is 4. The van der Waals surface area contributed by atoms with Crippen LogP contribution in [-0.4, -0.2) is 46.8 Å². The third-order valence-corrected chi connectivity index (χ3v) is 2.77. The van der Waals surface area contributed by atoms with Crippen LogP contribution in [0.1, 0.15) is 17.3 Å². The molecule has 0 saturated heterocycles. The molecule has 0 radical (unpaired) electrons. The molecule has 0 bridgehead atoms. The van der Waals surface area contributed by atoms with Gasteiger partial charge in [-0.05, 0) is 25.1 Å².